The molecule has 4 heterocycles. The maximum absolute atomic E-state index is 4.95. The fraction of sp³-hybridized carbons (Fsp3) is 0.423. The third-order valence-corrected chi connectivity index (χ3v) is 6.59. The number of hydrogen-bond acceptors (Lipinski definition) is 7. The van der Waals surface area contributed by atoms with Gasteiger partial charge in [-0.05, 0) is 56.0 Å². The van der Waals surface area contributed by atoms with E-state index in [-0.39, 0.29) is 0 Å². The summed E-state index contributed by atoms with van der Waals surface area (Å²) in [5.41, 5.74) is 4.07. The van der Waals surface area contributed by atoms with E-state index in [1.807, 2.05) is 36.9 Å². The van der Waals surface area contributed by atoms with E-state index in [1.165, 1.54) is 12.8 Å². The molecule has 0 saturated carbocycles. The number of piperidine rings is 1. The molecule has 0 atom stereocenters. The number of aromatic nitrogens is 4. The van der Waals surface area contributed by atoms with Gasteiger partial charge in [-0.1, -0.05) is 26.0 Å². The molecule has 4 aromatic rings. The Bertz CT molecular complexity index is 1290. The van der Waals surface area contributed by atoms with Crippen molar-refractivity contribution in [2.45, 2.75) is 32.6 Å². The molecule has 1 aromatic carbocycles. The lowest BCUT2D eigenvalue weighted by Crippen LogP contribution is -2.31. The average molecular weight is 459 g/mol. The zero-order chi connectivity index (χ0) is 23.7. The summed E-state index contributed by atoms with van der Waals surface area (Å²) in [5, 5.41) is 16.3. The molecule has 5 rings (SSSR count). The lowest BCUT2D eigenvalue weighted by Gasteiger charge is -2.23. The minimum absolute atomic E-state index is 0.332. The van der Waals surface area contributed by atoms with Crippen LogP contribution in [0, 0.1) is 5.92 Å². The molecule has 8 heteroatoms. The SMILES string of the molecule is CC(C)c1cnn2c(Nc3ccc4cccc(N(C)C)c4n3)cc(NCC3CCNCC3)nc12. The molecular weight excluding hydrogens is 424 g/mol. The van der Waals surface area contributed by atoms with Gasteiger partial charge >= 0.3 is 0 Å². The molecule has 1 saturated heterocycles. The molecule has 34 heavy (non-hydrogen) atoms. The molecule has 178 valence electrons. The van der Waals surface area contributed by atoms with E-state index < -0.39 is 0 Å². The Hall–Kier alpha value is -3.39. The minimum atomic E-state index is 0.332. The number of para-hydroxylation sites is 1. The molecule has 0 amide bonds. The third-order valence-electron chi connectivity index (χ3n) is 6.59. The fourth-order valence-electron chi connectivity index (χ4n) is 4.59. The van der Waals surface area contributed by atoms with Gasteiger partial charge in [0.1, 0.15) is 17.5 Å². The lowest BCUT2D eigenvalue weighted by atomic mass is 9.98. The van der Waals surface area contributed by atoms with Crippen molar-refractivity contribution in [3.05, 3.63) is 48.2 Å². The van der Waals surface area contributed by atoms with Crippen LogP contribution in [0.15, 0.2) is 42.6 Å². The molecule has 1 aliphatic rings. The maximum Gasteiger partial charge on any atom is 0.163 e. The Labute approximate surface area is 200 Å². The number of rotatable bonds is 7. The number of nitrogens with zero attached hydrogens (tertiary/aromatic N) is 5. The van der Waals surface area contributed by atoms with E-state index in [9.17, 15) is 0 Å². The van der Waals surface area contributed by atoms with Crippen LogP contribution in [-0.4, -0.2) is 53.3 Å². The zero-order valence-electron chi connectivity index (χ0n) is 20.5. The van der Waals surface area contributed by atoms with Crippen LogP contribution in [0.25, 0.3) is 16.6 Å². The second kappa shape index (κ2) is 9.46. The number of fused-ring (bicyclic) bond motifs is 2. The highest BCUT2D eigenvalue weighted by molar-refractivity contribution is 5.92. The summed E-state index contributed by atoms with van der Waals surface area (Å²) in [5.74, 6) is 3.49. The van der Waals surface area contributed by atoms with Crippen molar-refractivity contribution in [1.29, 1.82) is 0 Å². The van der Waals surface area contributed by atoms with E-state index in [0.717, 1.165) is 64.9 Å². The van der Waals surface area contributed by atoms with Crippen LogP contribution in [0.2, 0.25) is 0 Å². The highest BCUT2D eigenvalue weighted by Gasteiger charge is 2.17. The van der Waals surface area contributed by atoms with Crippen LogP contribution in [-0.2, 0) is 0 Å². The molecular formula is C26H34N8. The summed E-state index contributed by atoms with van der Waals surface area (Å²) in [6.45, 7) is 7.46. The van der Waals surface area contributed by atoms with Gasteiger partial charge in [0.2, 0.25) is 0 Å². The van der Waals surface area contributed by atoms with Gasteiger partial charge in [-0.3, -0.25) is 0 Å². The summed E-state index contributed by atoms with van der Waals surface area (Å²) in [7, 11) is 4.08. The average Bonchev–Trinajstić information content (AvgIpc) is 3.27. The topological polar surface area (TPSA) is 82.4 Å². The molecule has 1 fully saturated rings. The lowest BCUT2D eigenvalue weighted by molar-refractivity contribution is 0.389. The monoisotopic (exact) mass is 458 g/mol. The van der Waals surface area contributed by atoms with Crippen molar-refractivity contribution in [3.8, 4) is 0 Å². The van der Waals surface area contributed by atoms with Crippen LogP contribution < -0.4 is 20.9 Å². The Balaban J connectivity index is 1.50. The van der Waals surface area contributed by atoms with Gasteiger partial charge in [0.25, 0.3) is 0 Å². The number of pyridine rings is 1. The van der Waals surface area contributed by atoms with Crippen molar-refractivity contribution in [2.24, 2.45) is 5.92 Å². The quantitative estimate of drug-likeness (QED) is 0.373. The van der Waals surface area contributed by atoms with E-state index in [2.05, 4.69) is 64.1 Å². The molecule has 0 spiro atoms. The van der Waals surface area contributed by atoms with E-state index in [1.54, 1.807) is 0 Å². The van der Waals surface area contributed by atoms with E-state index in [4.69, 9.17) is 9.97 Å². The molecule has 0 radical (unpaired) electrons. The molecule has 1 aliphatic heterocycles. The molecule has 8 nitrogen and oxygen atoms in total. The van der Waals surface area contributed by atoms with Crippen LogP contribution in [0.4, 0.5) is 23.1 Å². The Morgan fingerprint density at radius 1 is 1.09 bits per heavy atom. The summed E-state index contributed by atoms with van der Waals surface area (Å²) >= 11 is 0. The zero-order valence-corrected chi connectivity index (χ0v) is 20.5. The predicted molar refractivity (Wildman–Crippen MR) is 141 cm³/mol. The molecule has 0 unspecified atom stereocenters. The number of nitrogens with one attached hydrogen (secondary N) is 3. The van der Waals surface area contributed by atoms with Gasteiger partial charge in [-0.25, -0.2) is 9.97 Å². The maximum atomic E-state index is 4.95. The molecule has 0 bridgehead atoms. The highest BCUT2D eigenvalue weighted by atomic mass is 15.3. The van der Waals surface area contributed by atoms with Gasteiger partial charge < -0.3 is 20.9 Å². The Morgan fingerprint density at radius 3 is 2.68 bits per heavy atom. The largest absolute Gasteiger partial charge is 0.376 e. The summed E-state index contributed by atoms with van der Waals surface area (Å²) < 4.78 is 1.88. The van der Waals surface area contributed by atoms with Crippen molar-refractivity contribution >= 4 is 39.7 Å². The number of hydrogen-bond donors (Lipinski definition) is 3. The number of anilines is 4. The summed E-state index contributed by atoms with van der Waals surface area (Å²) in [6, 6.07) is 12.4. The normalized spacial score (nSPS) is 14.7. The molecule has 3 aromatic heterocycles. The first-order valence-corrected chi connectivity index (χ1v) is 12.2. The van der Waals surface area contributed by atoms with E-state index >= 15 is 0 Å². The fourth-order valence-corrected chi connectivity index (χ4v) is 4.59. The first kappa shape index (κ1) is 22.4. The van der Waals surface area contributed by atoms with Crippen molar-refractivity contribution < 1.29 is 0 Å². The van der Waals surface area contributed by atoms with Crippen molar-refractivity contribution in [1.82, 2.24) is 24.9 Å². The smallest absolute Gasteiger partial charge is 0.163 e. The second-order valence-electron chi connectivity index (χ2n) is 9.66. The molecule has 0 aliphatic carbocycles. The van der Waals surface area contributed by atoms with Gasteiger partial charge in [0.15, 0.2) is 5.65 Å². The van der Waals surface area contributed by atoms with Crippen LogP contribution >= 0.6 is 0 Å². The van der Waals surface area contributed by atoms with Crippen LogP contribution in [0.1, 0.15) is 38.2 Å². The van der Waals surface area contributed by atoms with Crippen molar-refractivity contribution in [2.75, 3.05) is 49.3 Å². The standard InChI is InChI=1S/C26H34N8/c1-17(2)20-16-29-34-24(14-23(32-26(20)34)28-15-18-10-12-27-13-11-18)30-22-9-8-19-6-5-7-21(33(3)4)25(19)31-22/h5-9,14,16-18,27H,10-13,15H2,1-4H3,(H,28,32)(H,30,31). The Morgan fingerprint density at radius 2 is 1.91 bits per heavy atom. The van der Waals surface area contributed by atoms with Gasteiger partial charge in [-0.15, -0.1) is 0 Å². The van der Waals surface area contributed by atoms with Gasteiger partial charge in [-0.2, -0.15) is 9.61 Å². The van der Waals surface area contributed by atoms with E-state index in [0.29, 0.717) is 11.8 Å². The second-order valence-corrected chi connectivity index (χ2v) is 9.66. The Kier molecular flexibility index (Phi) is 6.24. The summed E-state index contributed by atoms with van der Waals surface area (Å²) in [6.07, 6.45) is 4.31. The van der Waals surface area contributed by atoms with Crippen LogP contribution in [0.5, 0.6) is 0 Å². The van der Waals surface area contributed by atoms with Gasteiger partial charge in [0, 0.05) is 37.7 Å². The third kappa shape index (κ3) is 4.50. The summed E-state index contributed by atoms with van der Waals surface area (Å²) in [4.78, 5) is 12.0. The van der Waals surface area contributed by atoms with Crippen molar-refractivity contribution in [3.63, 3.8) is 0 Å². The van der Waals surface area contributed by atoms with Gasteiger partial charge in [0.05, 0.1) is 17.4 Å². The predicted octanol–water partition coefficient (Wildman–Crippen LogP) is 4.62. The number of benzene rings is 1. The molecule has 3 N–H and O–H groups in total. The minimum Gasteiger partial charge on any atom is -0.376 e. The highest BCUT2D eigenvalue weighted by Crippen LogP contribution is 2.29. The first-order chi connectivity index (χ1) is 16.5. The first-order valence-electron chi connectivity index (χ1n) is 12.2. The van der Waals surface area contributed by atoms with Crippen LogP contribution in [0.3, 0.4) is 0 Å².